The smallest absolute Gasteiger partial charge is 0.0988 e. The number of alkyl halides is 2. The quantitative estimate of drug-likeness (QED) is 0.358. The molecule has 3 heteroatoms. The highest BCUT2D eigenvalue weighted by molar-refractivity contribution is 7.27. The highest BCUT2D eigenvalue weighted by Crippen LogP contribution is 2.34. The van der Waals surface area contributed by atoms with Crippen molar-refractivity contribution in [1.82, 2.24) is 0 Å². The summed E-state index contributed by atoms with van der Waals surface area (Å²) in [4.78, 5) is 0. The van der Waals surface area contributed by atoms with Crippen LogP contribution in [0.5, 0.6) is 0 Å². The maximum Gasteiger partial charge on any atom is 0.131 e. The van der Waals surface area contributed by atoms with E-state index in [1.54, 1.807) is 0 Å². The Morgan fingerprint density at radius 3 is 2.22 bits per heavy atom. The molecule has 1 unspecified atom stereocenters. The van der Waals surface area contributed by atoms with E-state index in [1.807, 2.05) is 0 Å². The van der Waals surface area contributed by atoms with Gasteiger partial charge in [-0.2, -0.15) is 0 Å². The lowest BCUT2D eigenvalue weighted by Gasteiger charge is -2.10. The lowest BCUT2D eigenvalue weighted by Crippen LogP contribution is -1.99. The van der Waals surface area contributed by atoms with Crippen molar-refractivity contribution in [2.45, 2.75) is 36.7 Å². The summed E-state index contributed by atoms with van der Waals surface area (Å²) in [5.74, 6) is 0. The fourth-order valence-electron chi connectivity index (χ4n) is 0.611. The molecule has 0 radical (unpaired) electrons. The molecule has 0 heterocycles. The summed E-state index contributed by atoms with van der Waals surface area (Å²) in [7, 11) is 2.42. The molecule has 56 valence electrons. The van der Waals surface area contributed by atoms with E-state index in [0.717, 1.165) is 12.8 Å². The van der Waals surface area contributed by atoms with Crippen LogP contribution in [-0.4, -0.2) is 4.07 Å². The molecule has 0 nitrogen and oxygen atoms in total. The van der Waals surface area contributed by atoms with Crippen LogP contribution in [-0.2, 0) is 0 Å². The zero-order valence-electron chi connectivity index (χ0n) is 5.66. The van der Waals surface area contributed by atoms with Crippen LogP contribution >= 0.6 is 32.4 Å². The van der Waals surface area contributed by atoms with Gasteiger partial charge in [0.25, 0.3) is 0 Å². The second-order valence-electron chi connectivity index (χ2n) is 2.22. The second-order valence-corrected chi connectivity index (χ2v) is 5.48. The molecule has 0 N–H and O–H groups in total. The maximum atomic E-state index is 5.70. The molecule has 9 heavy (non-hydrogen) atoms. The summed E-state index contributed by atoms with van der Waals surface area (Å²) in [5.41, 5.74) is 0. The van der Waals surface area contributed by atoms with E-state index in [4.69, 9.17) is 23.2 Å². The molecule has 0 spiro atoms. The van der Waals surface area contributed by atoms with E-state index < -0.39 is 4.07 Å². The Labute approximate surface area is 69.5 Å². The van der Waals surface area contributed by atoms with Gasteiger partial charge in [0, 0.05) is 0 Å². The van der Waals surface area contributed by atoms with Crippen LogP contribution in [0.25, 0.3) is 0 Å². The third-order valence-electron chi connectivity index (χ3n) is 1.11. The van der Waals surface area contributed by atoms with E-state index in [9.17, 15) is 0 Å². The van der Waals surface area contributed by atoms with Gasteiger partial charge in [-0.1, -0.05) is 58.6 Å². The van der Waals surface area contributed by atoms with Crippen LogP contribution < -0.4 is 0 Å². The Hall–Kier alpha value is 1.01. The molecule has 0 aliphatic carbocycles. The minimum Gasteiger partial charge on any atom is -0.0988 e. The van der Waals surface area contributed by atoms with E-state index in [0.29, 0.717) is 0 Å². The normalized spacial score (nSPS) is 12.0. The Balaban J connectivity index is 3.07. The maximum absolute atomic E-state index is 5.70. The Morgan fingerprint density at radius 2 is 1.89 bits per heavy atom. The van der Waals surface area contributed by atoms with Gasteiger partial charge < -0.3 is 0 Å². The van der Waals surface area contributed by atoms with Crippen molar-refractivity contribution in [3.63, 3.8) is 0 Å². The van der Waals surface area contributed by atoms with Crippen molar-refractivity contribution < 1.29 is 0 Å². The number of halogens is 2. The molecule has 0 rings (SSSR count). The van der Waals surface area contributed by atoms with Gasteiger partial charge in [-0.25, -0.2) is 0 Å². The van der Waals surface area contributed by atoms with Crippen LogP contribution in [0.3, 0.4) is 0 Å². The summed E-state index contributed by atoms with van der Waals surface area (Å²) in [6.45, 7) is 2.16. The van der Waals surface area contributed by atoms with Crippen molar-refractivity contribution in [3.8, 4) is 0 Å². The fraction of sp³-hybridized carbons (Fsp3) is 1.00. The average molecular weight is 187 g/mol. The minimum absolute atomic E-state index is 0.588. The summed E-state index contributed by atoms with van der Waals surface area (Å²) in [6, 6.07) is 0. The molecule has 0 saturated heterocycles. The first kappa shape index (κ1) is 10.0. The summed E-state index contributed by atoms with van der Waals surface area (Å²) >= 11 is 11.4. The number of hydrogen-bond acceptors (Lipinski definition) is 0. The topological polar surface area (TPSA) is 0 Å². The molecule has 0 aliphatic rings. The van der Waals surface area contributed by atoms with Crippen LogP contribution in [0.15, 0.2) is 0 Å². The van der Waals surface area contributed by atoms with Crippen LogP contribution in [0.2, 0.25) is 0 Å². The fourth-order valence-corrected chi connectivity index (χ4v) is 1.08. The van der Waals surface area contributed by atoms with Crippen molar-refractivity contribution in [2.24, 2.45) is 0 Å². The van der Waals surface area contributed by atoms with E-state index in [2.05, 4.69) is 16.2 Å². The third-order valence-corrected chi connectivity index (χ3v) is 1.78. The van der Waals surface area contributed by atoms with Gasteiger partial charge in [-0.05, 0) is 6.42 Å². The van der Waals surface area contributed by atoms with Crippen LogP contribution in [0.1, 0.15) is 32.6 Å². The lowest BCUT2D eigenvalue weighted by molar-refractivity contribution is 0.680. The monoisotopic (exact) mass is 186 g/mol. The molecule has 0 aromatic carbocycles. The first-order chi connectivity index (χ1) is 4.06. The van der Waals surface area contributed by atoms with Crippen molar-refractivity contribution in [3.05, 3.63) is 0 Å². The Morgan fingerprint density at radius 1 is 1.33 bits per heavy atom. The van der Waals surface area contributed by atoms with Gasteiger partial charge in [0.1, 0.15) is 4.07 Å². The van der Waals surface area contributed by atoms with Crippen molar-refractivity contribution in [2.75, 3.05) is 0 Å². The van der Waals surface area contributed by atoms with E-state index in [-0.39, 0.29) is 0 Å². The number of hydrogen-bond donors (Lipinski definition) is 0. The predicted octanol–water partition coefficient (Wildman–Crippen LogP) is 3.57. The van der Waals surface area contributed by atoms with E-state index in [1.165, 1.54) is 12.8 Å². The molecular formula is C6H13Cl2P. The van der Waals surface area contributed by atoms with Gasteiger partial charge in [0.15, 0.2) is 0 Å². The SMILES string of the molecule is CCCCCC(P)(Cl)Cl. The number of rotatable bonds is 4. The van der Waals surface area contributed by atoms with Gasteiger partial charge in [0.2, 0.25) is 0 Å². The van der Waals surface area contributed by atoms with E-state index >= 15 is 0 Å². The molecule has 0 aromatic heterocycles. The zero-order valence-corrected chi connectivity index (χ0v) is 8.33. The van der Waals surface area contributed by atoms with Crippen LogP contribution in [0, 0.1) is 0 Å². The predicted molar refractivity (Wildman–Crippen MR) is 48.3 cm³/mol. The third kappa shape index (κ3) is 9.01. The van der Waals surface area contributed by atoms with Gasteiger partial charge >= 0.3 is 0 Å². The molecule has 0 aromatic rings. The minimum atomic E-state index is -0.588. The molecule has 0 fully saturated rings. The Kier molecular flexibility index (Phi) is 5.30. The van der Waals surface area contributed by atoms with Crippen LogP contribution in [0.4, 0.5) is 0 Å². The molecule has 0 amide bonds. The summed E-state index contributed by atoms with van der Waals surface area (Å²) < 4.78 is -0.588. The molecule has 0 aliphatic heterocycles. The number of unbranched alkanes of at least 4 members (excludes halogenated alkanes) is 2. The first-order valence-corrected chi connectivity index (χ1v) is 4.56. The molecule has 0 bridgehead atoms. The standard InChI is InChI=1S/C6H13Cl2P/c1-2-3-4-5-6(7,8)9/h2-5,9H2,1H3. The zero-order chi connectivity index (χ0) is 7.33. The van der Waals surface area contributed by atoms with Gasteiger partial charge in [0.05, 0.1) is 0 Å². The largest absolute Gasteiger partial charge is 0.131 e. The first-order valence-electron chi connectivity index (χ1n) is 3.23. The second kappa shape index (κ2) is 4.77. The van der Waals surface area contributed by atoms with Gasteiger partial charge in [-0.15, -0.1) is 0 Å². The lowest BCUT2D eigenvalue weighted by atomic mass is 10.2. The summed E-state index contributed by atoms with van der Waals surface area (Å²) in [6.07, 6.45) is 4.42. The highest BCUT2D eigenvalue weighted by atomic mass is 35.5. The van der Waals surface area contributed by atoms with Crippen molar-refractivity contribution >= 4 is 32.4 Å². The molecular weight excluding hydrogens is 174 g/mol. The molecule has 1 atom stereocenters. The Bertz CT molecular complexity index is 67.9. The molecule has 0 saturated carbocycles. The van der Waals surface area contributed by atoms with Gasteiger partial charge in [-0.3, -0.25) is 0 Å². The summed E-state index contributed by atoms with van der Waals surface area (Å²) in [5, 5.41) is 0. The average Bonchev–Trinajstić information content (AvgIpc) is 1.63. The van der Waals surface area contributed by atoms with Crippen molar-refractivity contribution in [1.29, 1.82) is 0 Å². The highest BCUT2D eigenvalue weighted by Gasteiger charge is 2.14.